The number of aliphatic carboxylic acids is 1. The summed E-state index contributed by atoms with van der Waals surface area (Å²) < 4.78 is 24.7. The van der Waals surface area contributed by atoms with Gasteiger partial charge in [-0.15, -0.1) is 11.8 Å². The zero-order chi connectivity index (χ0) is 28.1. The van der Waals surface area contributed by atoms with Crippen LogP contribution in [0.5, 0.6) is 0 Å². The SMILES string of the molecule is CC#CCC(C)(C)[C@@H](C=C[C@H]1[C@H](OC2CCCCO2)CC(=O)[C@@H]1CC=CCCCC(=O)O)OC1CCCCO1. The van der Waals surface area contributed by atoms with Gasteiger partial charge in [0.2, 0.25) is 0 Å². The largest absolute Gasteiger partial charge is 0.481 e. The van der Waals surface area contributed by atoms with Crippen molar-refractivity contribution in [1.29, 1.82) is 0 Å². The summed E-state index contributed by atoms with van der Waals surface area (Å²) in [6.07, 6.45) is 16.4. The smallest absolute Gasteiger partial charge is 0.303 e. The number of carboxylic acids is 1. The minimum Gasteiger partial charge on any atom is -0.481 e. The van der Waals surface area contributed by atoms with Gasteiger partial charge in [-0.05, 0) is 64.7 Å². The monoisotopic (exact) mass is 544 g/mol. The van der Waals surface area contributed by atoms with Crippen molar-refractivity contribution in [2.75, 3.05) is 13.2 Å². The minimum absolute atomic E-state index is 0.0990. The van der Waals surface area contributed by atoms with E-state index >= 15 is 0 Å². The number of carbonyl (C=O) groups is 2. The summed E-state index contributed by atoms with van der Waals surface area (Å²) in [5.41, 5.74) is -0.245. The molecule has 2 unspecified atom stereocenters. The van der Waals surface area contributed by atoms with Crippen LogP contribution in [-0.4, -0.2) is 54.9 Å². The minimum atomic E-state index is -0.785. The maximum atomic E-state index is 13.2. The molecule has 1 saturated carbocycles. The number of rotatable bonds is 14. The number of Topliss-reactive ketones (excluding diaryl/α,β-unsaturated/α-hetero) is 1. The van der Waals surface area contributed by atoms with Gasteiger partial charge in [0.15, 0.2) is 12.6 Å². The Labute approximate surface area is 234 Å². The highest BCUT2D eigenvalue weighted by molar-refractivity contribution is 5.85. The van der Waals surface area contributed by atoms with Crippen molar-refractivity contribution < 1.29 is 33.6 Å². The highest BCUT2D eigenvalue weighted by Gasteiger charge is 2.43. The number of hydrogen-bond acceptors (Lipinski definition) is 6. The lowest BCUT2D eigenvalue weighted by Gasteiger charge is -2.35. The maximum Gasteiger partial charge on any atom is 0.303 e. The number of ketones is 1. The fraction of sp³-hybridized carbons (Fsp3) is 0.750. The van der Waals surface area contributed by atoms with Crippen molar-refractivity contribution in [3.63, 3.8) is 0 Å². The average Bonchev–Trinajstić information content (AvgIpc) is 3.21. The van der Waals surface area contributed by atoms with E-state index in [1.807, 2.05) is 19.1 Å². The van der Waals surface area contributed by atoms with Crippen LogP contribution in [0, 0.1) is 29.1 Å². The Bertz CT molecular complexity index is 884. The van der Waals surface area contributed by atoms with Crippen molar-refractivity contribution >= 4 is 11.8 Å². The van der Waals surface area contributed by atoms with E-state index in [0.717, 1.165) is 38.5 Å². The van der Waals surface area contributed by atoms with E-state index in [1.54, 1.807) is 0 Å². The van der Waals surface area contributed by atoms with Crippen LogP contribution in [0.1, 0.15) is 97.8 Å². The Kier molecular flexibility index (Phi) is 13.2. The van der Waals surface area contributed by atoms with Gasteiger partial charge in [-0.2, -0.15) is 0 Å². The van der Waals surface area contributed by atoms with Crippen LogP contribution >= 0.6 is 0 Å². The molecule has 0 spiro atoms. The zero-order valence-electron chi connectivity index (χ0n) is 24.1. The molecule has 0 amide bonds. The first-order chi connectivity index (χ1) is 18.8. The lowest BCUT2D eigenvalue weighted by Crippen LogP contribution is -2.36. The zero-order valence-corrected chi connectivity index (χ0v) is 24.1. The molecule has 7 heteroatoms. The highest BCUT2D eigenvalue weighted by Crippen LogP contribution is 2.38. The number of carboxylic acid groups (broad SMARTS) is 1. The fourth-order valence-electron chi connectivity index (χ4n) is 5.51. The van der Waals surface area contributed by atoms with E-state index in [-0.39, 0.29) is 54.2 Å². The molecule has 39 heavy (non-hydrogen) atoms. The topological polar surface area (TPSA) is 91.3 Å². The molecule has 0 bridgehead atoms. The summed E-state index contributed by atoms with van der Waals surface area (Å²) >= 11 is 0. The predicted molar refractivity (Wildman–Crippen MR) is 150 cm³/mol. The standard InChI is InChI=1S/C32H48O7/c1-4-5-20-32(2,3)28(39-31-17-11-13-22-37-31)19-18-25-24(14-8-6-7-9-15-29(34)35)26(33)23-27(25)38-30-16-10-12-21-36-30/h6,8,18-19,24-25,27-28,30-31H,7,9-17,20-23H2,1-3H3,(H,34,35)/t24-,25-,27-,28-,30?,31?/m1/s1. The van der Waals surface area contributed by atoms with Gasteiger partial charge in [-0.3, -0.25) is 9.59 Å². The van der Waals surface area contributed by atoms with Crippen molar-refractivity contribution in [3.8, 4) is 11.8 Å². The van der Waals surface area contributed by atoms with E-state index in [1.165, 1.54) is 0 Å². The van der Waals surface area contributed by atoms with Crippen LogP contribution < -0.4 is 0 Å². The predicted octanol–water partition coefficient (Wildman–Crippen LogP) is 6.21. The second-order valence-corrected chi connectivity index (χ2v) is 11.6. The summed E-state index contributed by atoms with van der Waals surface area (Å²) in [7, 11) is 0. The summed E-state index contributed by atoms with van der Waals surface area (Å²) in [4.78, 5) is 24.0. The average molecular weight is 545 g/mol. The molecule has 7 nitrogen and oxygen atoms in total. The Morgan fingerprint density at radius 3 is 2.49 bits per heavy atom. The lowest BCUT2D eigenvalue weighted by molar-refractivity contribution is -0.197. The van der Waals surface area contributed by atoms with Gasteiger partial charge in [0.1, 0.15) is 5.78 Å². The number of carbonyl (C=O) groups excluding carboxylic acids is 1. The van der Waals surface area contributed by atoms with E-state index in [2.05, 4.69) is 37.8 Å². The Morgan fingerprint density at radius 2 is 1.85 bits per heavy atom. The van der Waals surface area contributed by atoms with E-state index in [0.29, 0.717) is 45.3 Å². The molecule has 2 heterocycles. The van der Waals surface area contributed by atoms with Gasteiger partial charge in [0.25, 0.3) is 0 Å². The third kappa shape index (κ3) is 10.5. The molecule has 218 valence electrons. The third-order valence-corrected chi connectivity index (χ3v) is 7.93. The second kappa shape index (κ2) is 16.3. The maximum absolute atomic E-state index is 13.2. The third-order valence-electron chi connectivity index (χ3n) is 7.93. The quantitative estimate of drug-likeness (QED) is 0.158. The molecule has 1 aliphatic carbocycles. The molecule has 3 fully saturated rings. The van der Waals surface area contributed by atoms with E-state index in [4.69, 9.17) is 24.1 Å². The van der Waals surface area contributed by atoms with E-state index < -0.39 is 5.97 Å². The van der Waals surface area contributed by atoms with Gasteiger partial charge in [-0.25, -0.2) is 0 Å². The summed E-state index contributed by atoms with van der Waals surface area (Å²) in [5, 5.41) is 8.86. The van der Waals surface area contributed by atoms with Gasteiger partial charge in [-0.1, -0.05) is 38.2 Å². The van der Waals surface area contributed by atoms with Crippen LogP contribution in [0.3, 0.4) is 0 Å². The van der Waals surface area contributed by atoms with Gasteiger partial charge in [0.05, 0.1) is 12.2 Å². The van der Waals surface area contributed by atoms with Crippen molar-refractivity contribution in [1.82, 2.24) is 0 Å². The van der Waals surface area contributed by atoms with Crippen molar-refractivity contribution in [2.45, 2.75) is 123 Å². The molecule has 0 aromatic heterocycles. The lowest BCUT2D eigenvalue weighted by atomic mass is 9.81. The number of ether oxygens (including phenoxy) is 4. The molecular formula is C32H48O7. The van der Waals surface area contributed by atoms with Crippen molar-refractivity contribution in [3.05, 3.63) is 24.3 Å². The molecule has 3 rings (SSSR count). The van der Waals surface area contributed by atoms with Gasteiger partial charge >= 0.3 is 5.97 Å². The molecule has 2 aliphatic heterocycles. The van der Waals surface area contributed by atoms with Crippen LogP contribution in [0.4, 0.5) is 0 Å². The first-order valence-corrected chi connectivity index (χ1v) is 14.8. The molecule has 6 atom stereocenters. The number of hydrogen-bond donors (Lipinski definition) is 1. The molecule has 2 saturated heterocycles. The number of allylic oxidation sites excluding steroid dienone is 2. The van der Waals surface area contributed by atoms with Gasteiger partial charge < -0.3 is 24.1 Å². The molecule has 1 N–H and O–H groups in total. The van der Waals surface area contributed by atoms with Crippen LogP contribution in [-0.2, 0) is 28.5 Å². The normalized spacial score (nSPS) is 29.0. The Morgan fingerprint density at radius 1 is 1.13 bits per heavy atom. The first-order valence-electron chi connectivity index (χ1n) is 14.8. The van der Waals surface area contributed by atoms with E-state index in [9.17, 15) is 9.59 Å². The summed E-state index contributed by atoms with van der Waals surface area (Å²) in [5.74, 6) is 5.34. The fourth-order valence-corrected chi connectivity index (χ4v) is 5.51. The van der Waals surface area contributed by atoms with Crippen LogP contribution in [0.2, 0.25) is 0 Å². The highest BCUT2D eigenvalue weighted by atomic mass is 16.7. The first kappa shape index (κ1) is 31.5. The van der Waals surface area contributed by atoms with Crippen molar-refractivity contribution in [2.24, 2.45) is 17.3 Å². The Hall–Kier alpha value is -1.98. The van der Waals surface area contributed by atoms with Crippen LogP contribution in [0.15, 0.2) is 24.3 Å². The number of unbranched alkanes of at least 4 members (excludes halogenated alkanes) is 1. The summed E-state index contributed by atoms with van der Waals surface area (Å²) in [6, 6.07) is 0. The molecule has 0 aromatic rings. The molecular weight excluding hydrogens is 496 g/mol. The molecule has 0 radical (unpaired) electrons. The summed E-state index contributed by atoms with van der Waals surface area (Å²) in [6.45, 7) is 7.58. The molecule has 3 aliphatic rings. The van der Waals surface area contributed by atoms with Gasteiger partial charge in [0, 0.05) is 49.7 Å². The second-order valence-electron chi connectivity index (χ2n) is 11.6. The van der Waals surface area contributed by atoms with Crippen LogP contribution in [0.25, 0.3) is 0 Å². The molecule has 0 aromatic carbocycles. The Balaban J connectivity index is 1.77.